The molecule has 0 saturated carbocycles. The molecule has 1 saturated heterocycles. The van der Waals surface area contributed by atoms with Crippen molar-refractivity contribution in [3.05, 3.63) is 35.6 Å². The largest absolute Gasteiger partial charge is 0.341 e. The van der Waals surface area contributed by atoms with Crippen molar-refractivity contribution in [2.45, 2.75) is 19.4 Å². The molecule has 132 valence electrons. The second-order valence-electron chi connectivity index (χ2n) is 5.49. The number of amides is 1. The second-order valence-corrected chi connectivity index (χ2v) is 5.49. The lowest BCUT2D eigenvalue weighted by Crippen LogP contribution is -2.36. The van der Waals surface area contributed by atoms with Crippen molar-refractivity contribution >= 4 is 30.7 Å². The third kappa shape index (κ3) is 7.48. The van der Waals surface area contributed by atoms with Crippen LogP contribution in [-0.4, -0.2) is 55.5 Å². The summed E-state index contributed by atoms with van der Waals surface area (Å²) in [4.78, 5) is 16.3. The fourth-order valence-electron chi connectivity index (χ4n) is 2.62. The van der Waals surface area contributed by atoms with E-state index in [1.165, 1.54) is 12.1 Å². The van der Waals surface area contributed by atoms with Crippen LogP contribution in [0.15, 0.2) is 24.3 Å². The van der Waals surface area contributed by atoms with Gasteiger partial charge in [-0.2, -0.15) is 0 Å². The molecule has 0 bridgehead atoms. The molecule has 7 heteroatoms. The summed E-state index contributed by atoms with van der Waals surface area (Å²) in [5.41, 5.74) is 1.12. The molecule has 4 nitrogen and oxygen atoms in total. The van der Waals surface area contributed by atoms with Crippen molar-refractivity contribution in [1.29, 1.82) is 0 Å². The lowest BCUT2D eigenvalue weighted by molar-refractivity contribution is -0.130. The smallest absolute Gasteiger partial charge is 0.223 e. The van der Waals surface area contributed by atoms with Gasteiger partial charge in [-0.3, -0.25) is 9.69 Å². The van der Waals surface area contributed by atoms with Gasteiger partial charge in [-0.25, -0.2) is 4.39 Å². The Hall–Kier alpha value is -0.880. The SMILES string of the molecule is CNCCC(=O)N1CCCN(Cc2ccc(F)cc2)CC1.Cl.Cl. The molecular formula is C16H26Cl2FN3O. The Morgan fingerprint density at radius 2 is 1.83 bits per heavy atom. The maximum Gasteiger partial charge on any atom is 0.223 e. The fraction of sp³-hybridized carbons (Fsp3) is 0.562. The van der Waals surface area contributed by atoms with Gasteiger partial charge in [0.1, 0.15) is 5.82 Å². The van der Waals surface area contributed by atoms with E-state index in [2.05, 4.69) is 10.2 Å². The summed E-state index contributed by atoms with van der Waals surface area (Å²) in [5.74, 6) is 0.0314. The first-order valence-electron chi connectivity index (χ1n) is 7.58. The zero-order valence-corrected chi connectivity index (χ0v) is 15.1. The van der Waals surface area contributed by atoms with E-state index in [9.17, 15) is 9.18 Å². The molecule has 1 amide bonds. The van der Waals surface area contributed by atoms with Crippen LogP contribution in [0.3, 0.4) is 0 Å². The molecule has 0 aliphatic carbocycles. The topological polar surface area (TPSA) is 35.6 Å². The van der Waals surface area contributed by atoms with Crippen LogP contribution in [0, 0.1) is 5.82 Å². The molecule has 0 spiro atoms. The summed E-state index contributed by atoms with van der Waals surface area (Å²) in [6.45, 7) is 5.02. The Kier molecular flexibility index (Phi) is 11.2. The highest BCUT2D eigenvalue weighted by Crippen LogP contribution is 2.10. The van der Waals surface area contributed by atoms with Gasteiger partial charge in [0.05, 0.1) is 0 Å². The van der Waals surface area contributed by atoms with Gasteiger partial charge in [0, 0.05) is 45.7 Å². The van der Waals surface area contributed by atoms with E-state index in [1.54, 1.807) is 0 Å². The van der Waals surface area contributed by atoms with Crippen molar-refractivity contribution < 1.29 is 9.18 Å². The molecule has 0 aromatic heterocycles. The van der Waals surface area contributed by atoms with Crippen LogP contribution in [0.2, 0.25) is 0 Å². The van der Waals surface area contributed by atoms with Crippen molar-refractivity contribution in [2.75, 3.05) is 39.8 Å². The maximum absolute atomic E-state index is 12.9. The monoisotopic (exact) mass is 365 g/mol. The number of hydrogen-bond acceptors (Lipinski definition) is 3. The Bertz CT molecular complexity index is 459. The van der Waals surface area contributed by atoms with Crippen LogP contribution in [-0.2, 0) is 11.3 Å². The van der Waals surface area contributed by atoms with Crippen molar-refractivity contribution in [3.8, 4) is 0 Å². The minimum Gasteiger partial charge on any atom is -0.341 e. The van der Waals surface area contributed by atoms with Crippen LogP contribution in [0.4, 0.5) is 4.39 Å². The van der Waals surface area contributed by atoms with Gasteiger partial charge in [-0.15, -0.1) is 24.8 Å². The average Bonchev–Trinajstić information content (AvgIpc) is 2.73. The normalized spacial score (nSPS) is 15.3. The minimum absolute atomic E-state index is 0. The standard InChI is InChI=1S/C16H24FN3O.2ClH/c1-18-8-7-16(21)20-10-2-9-19(11-12-20)13-14-3-5-15(17)6-4-14;;/h3-6,18H,2,7-13H2,1H3;2*1H. The maximum atomic E-state index is 12.9. The van der Waals surface area contributed by atoms with Crippen molar-refractivity contribution in [3.63, 3.8) is 0 Å². The second kappa shape index (κ2) is 11.6. The molecule has 1 aliphatic heterocycles. The molecule has 1 aromatic carbocycles. The lowest BCUT2D eigenvalue weighted by Gasteiger charge is -2.22. The Balaban J connectivity index is 0.00000242. The van der Waals surface area contributed by atoms with E-state index >= 15 is 0 Å². The van der Waals surface area contributed by atoms with Crippen molar-refractivity contribution in [1.82, 2.24) is 15.1 Å². The van der Waals surface area contributed by atoms with E-state index in [-0.39, 0.29) is 36.5 Å². The highest BCUT2D eigenvalue weighted by Gasteiger charge is 2.18. The number of rotatable bonds is 5. The Morgan fingerprint density at radius 1 is 1.13 bits per heavy atom. The minimum atomic E-state index is -0.198. The molecular weight excluding hydrogens is 340 g/mol. The first-order chi connectivity index (χ1) is 10.2. The predicted octanol–water partition coefficient (Wildman–Crippen LogP) is 2.31. The van der Waals surface area contributed by atoms with Crippen LogP contribution in [0.5, 0.6) is 0 Å². The fourth-order valence-corrected chi connectivity index (χ4v) is 2.62. The van der Waals surface area contributed by atoms with Gasteiger partial charge < -0.3 is 10.2 Å². The van der Waals surface area contributed by atoms with Gasteiger partial charge in [0.15, 0.2) is 0 Å². The van der Waals surface area contributed by atoms with Crippen LogP contribution < -0.4 is 5.32 Å². The molecule has 2 rings (SSSR count). The average molecular weight is 366 g/mol. The molecule has 1 N–H and O–H groups in total. The molecule has 0 radical (unpaired) electrons. The number of nitrogens with one attached hydrogen (secondary N) is 1. The summed E-state index contributed by atoms with van der Waals surface area (Å²) in [6, 6.07) is 6.66. The molecule has 0 unspecified atom stereocenters. The summed E-state index contributed by atoms with van der Waals surface area (Å²) < 4.78 is 12.9. The summed E-state index contributed by atoms with van der Waals surface area (Å²) in [7, 11) is 1.86. The number of carbonyl (C=O) groups is 1. The molecule has 1 heterocycles. The molecule has 1 fully saturated rings. The van der Waals surface area contributed by atoms with Crippen molar-refractivity contribution in [2.24, 2.45) is 0 Å². The number of nitrogens with zero attached hydrogens (tertiary/aromatic N) is 2. The van der Waals surface area contributed by atoms with Gasteiger partial charge in [0.2, 0.25) is 5.91 Å². The number of halogens is 3. The van der Waals surface area contributed by atoms with Crippen LogP contribution >= 0.6 is 24.8 Å². The molecule has 1 aliphatic rings. The quantitative estimate of drug-likeness (QED) is 0.869. The Labute approximate surface area is 150 Å². The summed E-state index contributed by atoms with van der Waals surface area (Å²) in [5, 5.41) is 3.01. The number of hydrogen-bond donors (Lipinski definition) is 1. The Morgan fingerprint density at radius 3 is 2.48 bits per heavy atom. The first-order valence-corrected chi connectivity index (χ1v) is 7.58. The van der Waals surface area contributed by atoms with E-state index in [0.29, 0.717) is 6.42 Å². The van der Waals surface area contributed by atoms with E-state index in [4.69, 9.17) is 0 Å². The predicted molar refractivity (Wildman–Crippen MR) is 95.9 cm³/mol. The third-order valence-electron chi connectivity index (χ3n) is 3.85. The first kappa shape index (κ1) is 22.1. The summed E-state index contributed by atoms with van der Waals surface area (Å²) >= 11 is 0. The van der Waals surface area contributed by atoms with Gasteiger partial charge in [0.25, 0.3) is 0 Å². The zero-order chi connectivity index (χ0) is 15.1. The number of carbonyl (C=O) groups excluding carboxylic acids is 1. The van der Waals surface area contributed by atoms with Crippen LogP contribution in [0.25, 0.3) is 0 Å². The molecule has 23 heavy (non-hydrogen) atoms. The van der Waals surface area contributed by atoms with E-state index in [1.807, 2.05) is 24.1 Å². The number of benzene rings is 1. The molecule has 0 atom stereocenters. The van der Waals surface area contributed by atoms with E-state index in [0.717, 1.165) is 51.3 Å². The van der Waals surface area contributed by atoms with E-state index < -0.39 is 0 Å². The van der Waals surface area contributed by atoms with Gasteiger partial charge >= 0.3 is 0 Å². The molecule has 1 aromatic rings. The highest BCUT2D eigenvalue weighted by molar-refractivity contribution is 5.85. The summed E-state index contributed by atoms with van der Waals surface area (Å²) in [6.07, 6.45) is 1.56. The zero-order valence-electron chi connectivity index (χ0n) is 13.5. The van der Waals surface area contributed by atoms with Gasteiger partial charge in [-0.05, 0) is 31.2 Å². The lowest BCUT2D eigenvalue weighted by atomic mass is 10.2. The van der Waals surface area contributed by atoms with Gasteiger partial charge in [-0.1, -0.05) is 12.1 Å². The van der Waals surface area contributed by atoms with Crippen LogP contribution in [0.1, 0.15) is 18.4 Å². The highest BCUT2D eigenvalue weighted by atomic mass is 35.5. The third-order valence-corrected chi connectivity index (χ3v) is 3.85.